The van der Waals surface area contributed by atoms with Gasteiger partial charge in [0.2, 0.25) is 0 Å². The number of rotatable bonds is 4. The Morgan fingerprint density at radius 2 is 1.92 bits per heavy atom. The summed E-state index contributed by atoms with van der Waals surface area (Å²) in [6, 6.07) is 0. The highest BCUT2D eigenvalue weighted by atomic mass is 32.2. The molecular formula is C7H12N2OS3. The van der Waals surface area contributed by atoms with Crippen LogP contribution in [-0.2, 0) is 0 Å². The molecule has 0 saturated heterocycles. The van der Waals surface area contributed by atoms with Crippen molar-refractivity contribution in [3.05, 3.63) is 0 Å². The fourth-order valence-electron chi connectivity index (χ4n) is 0.585. The Hall–Kier alpha value is 0.220. The summed E-state index contributed by atoms with van der Waals surface area (Å²) in [5.74, 6) is 0. The number of aromatic nitrogens is 2. The molecule has 0 saturated carbocycles. The number of hydrogen-bond acceptors (Lipinski definition) is 6. The van der Waals surface area contributed by atoms with Gasteiger partial charge in [0.05, 0.1) is 6.10 Å². The Balaban J connectivity index is 2.53. The van der Waals surface area contributed by atoms with Crippen molar-refractivity contribution in [2.24, 2.45) is 0 Å². The van der Waals surface area contributed by atoms with Crippen molar-refractivity contribution < 1.29 is 5.11 Å². The average molecular weight is 236 g/mol. The second kappa shape index (κ2) is 5.19. The minimum Gasteiger partial charge on any atom is -0.392 e. The van der Waals surface area contributed by atoms with E-state index in [-0.39, 0.29) is 11.4 Å². The predicted octanol–water partition coefficient (Wildman–Crippen LogP) is 2.12. The molecule has 0 aliphatic carbocycles. The molecular weight excluding hydrogens is 224 g/mol. The van der Waals surface area contributed by atoms with E-state index >= 15 is 0 Å². The monoisotopic (exact) mass is 236 g/mol. The summed E-state index contributed by atoms with van der Waals surface area (Å²) in [6.45, 7) is 3.77. The van der Waals surface area contributed by atoms with E-state index in [0.717, 1.165) is 8.68 Å². The first-order valence-corrected chi connectivity index (χ1v) is 6.77. The molecule has 0 bridgehead atoms. The summed E-state index contributed by atoms with van der Waals surface area (Å²) in [6.07, 6.45) is 1.67. The third-order valence-corrected chi connectivity index (χ3v) is 4.81. The Morgan fingerprint density at radius 1 is 1.31 bits per heavy atom. The van der Waals surface area contributed by atoms with Crippen LogP contribution in [0.25, 0.3) is 0 Å². The fourth-order valence-corrected chi connectivity index (χ4v) is 3.24. The number of thioether (sulfide) groups is 2. The lowest BCUT2D eigenvalue weighted by Crippen LogP contribution is -2.14. The summed E-state index contributed by atoms with van der Waals surface area (Å²) in [5, 5.41) is 17.4. The minimum atomic E-state index is -0.313. The van der Waals surface area contributed by atoms with Crippen molar-refractivity contribution >= 4 is 34.9 Å². The maximum atomic E-state index is 9.28. The Labute approximate surface area is 90.3 Å². The van der Waals surface area contributed by atoms with Crippen LogP contribution >= 0.6 is 34.9 Å². The van der Waals surface area contributed by atoms with Crippen LogP contribution in [-0.4, -0.2) is 32.9 Å². The van der Waals surface area contributed by atoms with E-state index in [1.165, 1.54) is 0 Å². The zero-order valence-electron chi connectivity index (χ0n) is 7.72. The zero-order valence-corrected chi connectivity index (χ0v) is 10.2. The highest BCUT2D eigenvalue weighted by molar-refractivity contribution is 8.03. The largest absolute Gasteiger partial charge is 0.392 e. The fraction of sp³-hybridized carbons (Fsp3) is 0.714. The van der Waals surface area contributed by atoms with Gasteiger partial charge in [-0.2, -0.15) is 0 Å². The highest BCUT2D eigenvalue weighted by Crippen LogP contribution is 2.30. The molecule has 2 atom stereocenters. The van der Waals surface area contributed by atoms with Gasteiger partial charge in [-0.05, 0) is 13.2 Å². The minimum absolute atomic E-state index is 0.169. The van der Waals surface area contributed by atoms with Crippen LogP contribution in [0.3, 0.4) is 0 Å². The van der Waals surface area contributed by atoms with Crippen molar-refractivity contribution in [1.82, 2.24) is 10.2 Å². The molecule has 0 aliphatic rings. The molecule has 0 radical (unpaired) electrons. The smallest absolute Gasteiger partial charge is 0.175 e. The maximum absolute atomic E-state index is 9.28. The molecule has 0 spiro atoms. The highest BCUT2D eigenvalue weighted by Gasteiger charge is 2.13. The van der Waals surface area contributed by atoms with E-state index in [1.54, 1.807) is 41.8 Å². The Kier molecular flexibility index (Phi) is 4.51. The second-order valence-corrected chi connectivity index (χ2v) is 6.26. The van der Waals surface area contributed by atoms with E-state index < -0.39 is 0 Å². The van der Waals surface area contributed by atoms with E-state index in [0.29, 0.717) is 0 Å². The lowest BCUT2D eigenvalue weighted by molar-refractivity contribution is 0.196. The van der Waals surface area contributed by atoms with Crippen LogP contribution < -0.4 is 0 Å². The van der Waals surface area contributed by atoms with Crippen LogP contribution in [0, 0.1) is 0 Å². The average Bonchev–Trinajstić information content (AvgIpc) is 2.52. The van der Waals surface area contributed by atoms with Crippen molar-refractivity contribution in [3.8, 4) is 0 Å². The SMILES string of the molecule is CSc1nnc(SC(C)C(C)O)s1. The van der Waals surface area contributed by atoms with Gasteiger partial charge >= 0.3 is 0 Å². The van der Waals surface area contributed by atoms with Gasteiger partial charge in [0.1, 0.15) is 0 Å². The number of hydrogen-bond donors (Lipinski definition) is 1. The quantitative estimate of drug-likeness (QED) is 0.811. The van der Waals surface area contributed by atoms with Gasteiger partial charge in [-0.3, -0.25) is 0 Å². The molecule has 1 N–H and O–H groups in total. The molecule has 13 heavy (non-hydrogen) atoms. The van der Waals surface area contributed by atoms with Crippen LogP contribution in [0.4, 0.5) is 0 Å². The molecule has 1 heterocycles. The zero-order chi connectivity index (χ0) is 9.84. The summed E-state index contributed by atoms with van der Waals surface area (Å²) in [4.78, 5) is 0. The van der Waals surface area contributed by atoms with Crippen molar-refractivity contribution in [2.45, 2.75) is 33.9 Å². The first-order valence-electron chi connectivity index (χ1n) is 3.85. The molecule has 3 nitrogen and oxygen atoms in total. The van der Waals surface area contributed by atoms with Crippen LogP contribution in [0.5, 0.6) is 0 Å². The standard InChI is InChI=1S/C7H12N2OS3/c1-4(10)5(2)12-7-9-8-6(11-3)13-7/h4-5,10H,1-3H3. The summed E-state index contributed by atoms with van der Waals surface area (Å²) >= 11 is 4.73. The van der Waals surface area contributed by atoms with Gasteiger partial charge in [-0.25, -0.2) is 0 Å². The summed E-state index contributed by atoms with van der Waals surface area (Å²) < 4.78 is 1.90. The van der Waals surface area contributed by atoms with Gasteiger partial charge in [0, 0.05) is 5.25 Å². The van der Waals surface area contributed by atoms with Gasteiger partial charge in [0.15, 0.2) is 8.68 Å². The van der Waals surface area contributed by atoms with E-state index in [9.17, 15) is 5.11 Å². The van der Waals surface area contributed by atoms with Crippen molar-refractivity contribution in [2.75, 3.05) is 6.26 Å². The molecule has 0 aromatic carbocycles. The van der Waals surface area contributed by atoms with E-state index in [1.807, 2.05) is 13.2 Å². The van der Waals surface area contributed by atoms with Gasteiger partial charge in [0.25, 0.3) is 0 Å². The molecule has 6 heteroatoms. The number of aliphatic hydroxyl groups is 1. The molecule has 1 aromatic rings. The number of nitrogens with zero attached hydrogens (tertiary/aromatic N) is 2. The third-order valence-electron chi connectivity index (χ3n) is 1.53. The molecule has 0 aliphatic heterocycles. The van der Waals surface area contributed by atoms with Crippen molar-refractivity contribution in [1.29, 1.82) is 0 Å². The topological polar surface area (TPSA) is 46.0 Å². The summed E-state index contributed by atoms with van der Waals surface area (Å²) in [5.41, 5.74) is 0. The molecule has 74 valence electrons. The van der Waals surface area contributed by atoms with Gasteiger partial charge < -0.3 is 5.11 Å². The Morgan fingerprint density at radius 3 is 2.38 bits per heavy atom. The molecule has 0 amide bonds. The molecule has 1 aromatic heterocycles. The molecule has 1 rings (SSSR count). The van der Waals surface area contributed by atoms with Crippen LogP contribution in [0.2, 0.25) is 0 Å². The summed E-state index contributed by atoms with van der Waals surface area (Å²) in [7, 11) is 0. The van der Waals surface area contributed by atoms with Crippen LogP contribution in [0.1, 0.15) is 13.8 Å². The van der Waals surface area contributed by atoms with Crippen LogP contribution in [0.15, 0.2) is 8.68 Å². The van der Waals surface area contributed by atoms with E-state index in [4.69, 9.17) is 0 Å². The third kappa shape index (κ3) is 3.46. The lowest BCUT2D eigenvalue weighted by Gasteiger charge is -2.10. The first-order chi connectivity index (χ1) is 6.13. The second-order valence-electron chi connectivity index (χ2n) is 2.60. The molecule has 2 unspecified atom stereocenters. The van der Waals surface area contributed by atoms with E-state index in [2.05, 4.69) is 10.2 Å². The Bertz CT molecular complexity index is 264. The number of aliphatic hydroxyl groups excluding tert-OH is 1. The van der Waals surface area contributed by atoms with Gasteiger partial charge in [-0.15, -0.1) is 10.2 Å². The van der Waals surface area contributed by atoms with Crippen molar-refractivity contribution in [3.63, 3.8) is 0 Å². The predicted molar refractivity (Wildman–Crippen MR) is 58.7 cm³/mol. The molecule has 0 fully saturated rings. The first kappa shape index (κ1) is 11.3. The lowest BCUT2D eigenvalue weighted by atomic mass is 10.3. The van der Waals surface area contributed by atoms with Gasteiger partial charge in [-0.1, -0.05) is 41.8 Å². The maximum Gasteiger partial charge on any atom is 0.175 e. The normalized spacial score (nSPS) is 15.7.